The molecule has 3 rings (SSSR count). The van der Waals surface area contributed by atoms with Crippen LogP contribution < -0.4 is 15.8 Å². The molecule has 0 saturated heterocycles. The minimum atomic E-state index is -0.623. The molecule has 25 heavy (non-hydrogen) atoms. The first-order valence-corrected chi connectivity index (χ1v) is 8.11. The molecule has 0 aromatic heterocycles. The van der Waals surface area contributed by atoms with Crippen LogP contribution in [0.25, 0.3) is 0 Å². The van der Waals surface area contributed by atoms with Crippen LogP contribution >= 0.6 is 11.6 Å². The molecule has 3 N–H and O–H groups in total. The van der Waals surface area contributed by atoms with Crippen LogP contribution in [0.15, 0.2) is 78.6 Å². The number of nitrogens with one attached hydrogen (secondary N) is 3. The Bertz CT molecular complexity index is 815. The molecule has 0 spiro atoms. The third kappa shape index (κ3) is 4.15. The lowest BCUT2D eigenvalue weighted by Crippen LogP contribution is -2.51. The van der Waals surface area contributed by atoms with E-state index in [2.05, 4.69) is 10.7 Å². The van der Waals surface area contributed by atoms with E-state index in [4.69, 9.17) is 17.0 Å². The summed E-state index contributed by atoms with van der Waals surface area (Å²) in [5.74, 6) is -0.0956. The summed E-state index contributed by atoms with van der Waals surface area (Å²) >= 11 is 5.93. The quantitative estimate of drug-likeness (QED) is 0.717. The first kappa shape index (κ1) is 17.0. The SMILES string of the molecule is N=C/C=C(\Nc1ccccc1)C1NN(c2ccc(Cl)cc2)C=CC1=O. The monoisotopic (exact) mass is 352 g/mol. The molecule has 0 bridgehead atoms. The van der Waals surface area contributed by atoms with Gasteiger partial charge in [0.05, 0.1) is 5.69 Å². The predicted octanol–water partition coefficient (Wildman–Crippen LogP) is 3.76. The lowest BCUT2D eigenvalue weighted by molar-refractivity contribution is -0.116. The van der Waals surface area contributed by atoms with Crippen molar-refractivity contribution in [1.29, 1.82) is 5.41 Å². The van der Waals surface area contributed by atoms with Crippen molar-refractivity contribution in [3.05, 3.63) is 83.7 Å². The Morgan fingerprint density at radius 2 is 1.88 bits per heavy atom. The van der Waals surface area contributed by atoms with Gasteiger partial charge in [-0.1, -0.05) is 29.8 Å². The maximum Gasteiger partial charge on any atom is 0.181 e. The fourth-order valence-electron chi connectivity index (χ4n) is 2.46. The molecule has 2 aromatic carbocycles. The number of hydrogen-bond donors (Lipinski definition) is 3. The molecule has 0 radical (unpaired) electrons. The molecule has 1 heterocycles. The van der Waals surface area contributed by atoms with Crippen LogP contribution in [-0.4, -0.2) is 18.0 Å². The van der Waals surface area contributed by atoms with Crippen molar-refractivity contribution in [2.75, 3.05) is 10.3 Å². The number of carbonyl (C=O) groups excluding carboxylic acids is 1. The van der Waals surface area contributed by atoms with Gasteiger partial charge in [0.2, 0.25) is 0 Å². The average molecular weight is 353 g/mol. The summed E-state index contributed by atoms with van der Waals surface area (Å²) in [6.07, 6.45) is 5.92. The van der Waals surface area contributed by atoms with Crippen LogP contribution in [0.3, 0.4) is 0 Å². The van der Waals surface area contributed by atoms with Gasteiger partial charge in [0.15, 0.2) is 5.78 Å². The minimum Gasteiger partial charge on any atom is -0.357 e. The Kier molecular flexibility index (Phi) is 5.28. The van der Waals surface area contributed by atoms with Crippen LogP contribution in [0.5, 0.6) is 0 Å². The highest BCUT2D eigenvalue weighted by molar-refractivity contribution is 6.30. The average Bonchev–Trinajstić information content (AvgIpc) is 2.63. The van der Waals surface area contributed by atoms with Crippen molar-refractivity contribution < 1.29 is 4.79 Å². The molecule has 5 nitrogen and oxygen atoms in total. The Hall–Kier alpha value is -2.89. The fraction of sp³-hybridized carbons (Fsp3) is 0.0526. The summed E-state index contributed by atoms with van der Waals surface area (Å²) in [5, 5.41) is 13.0. The number of hydrogen-bond acceptors (Lipinski definition) is 5. The fourth-order valence-corrected chi connectivity index (χ4v) is 2.59. The van der Waals surface area contributed by atoms with Crippen molar-refractivity contribution >= 4 is 35.0 Å². The van der Waals surface area contributed by atoms with E-state index in [0.717, 1.165) is 17.6 Å². The van der Waals surface area contributed by atoms with Crippen LogP contribution in [0.4, 0.5) is 11.4 Å². The predicted molar refractivity (Wildman–Crippen MR) is 102 cm³/mol. The highest BCUT2D eigenvalue weighted by Gasteiger charge is 2.26. The second-order valence-corrected chi connectivity index (χ2v) is 5.84. The molecular formula is C19H17ClN4O. The summed E-state index contributed by atoms with van der Waals surface area (Å²) in [7, 11) is 0. The largest absolute Gasteiger partial charge is 0.357 e. The summed E-state index contributed by atoms with van der Waals surface area (Å²) in [6.45, 7) is 0. The third-order valence-corrected chi connectivity index (χ3v) is 3.93. The van der Waals surface area contributed by atoms with E-state index < -0.39 is 6.04 Å². The van der Waals surface area contributed by atoms with Crippen molar-refractivity contribution in [3.63, 3.8) is 0 Å². The van der Waals surface area contributed by atoms with Gasteiger partial charge in [-0.15, -0.1) is 0 Å². The number of hydrazine groups is 1. The number of para-hydroxylation sites is 1. The molecule has 1 atom stereocenters. The standard InChI is InChI=1S/C19H17ClN4O/c20-14-6-8-16(9-7-14)24-13-11-18(25)19(23-24)17(10-12-21)22-15-4-2-1-3-5-15/h1-13,19,21-23H/b17-10-,21-12?. The molecule has 6 heteroatoms. The van der Waals surface area contributed by atoms with E-state index in [0.29, 0.717) is 10.7 Å². The molecule has 126 valence electrons. The molecule has 1 aliphatic heterocycles. The number of allylic oxidation sites excluding steroid dienone is 1. The number of rotatable bonds is 5. The van der Waals surface area contributed by atoms with Gasteiger partial charge in [-0.2, -0.15) is 0 Å². The van der Waals surface area contributed by atoms with E-state index in [1.807, 2.05) is 42.5 Å². The summed E-state index contributed by atoms with van der Waals surface area (Å²) in [5.41, 5.74) is 5.45. The highest BCUT2D eigenvalue weighted by Crippen LogP contribution is 2.21. The van der Waals surface area contributed by atoms with E-state index in [9.17, 15) is 4.79 Å². The van der Waals surface area contributed by atoms with Gasteiger partial charge in [-0.05, 0) is 42.5 Å². The summed E-state index contributed by atoms with van der Waals surface area (Å²) in [4.78, 5) is 12.4. The first-order valence-electron chi connectivity index (χ1n) is 7.73. The lowest BCUT2D eigenvalue weighted by Gasteiger charge is -2.31. The maximum atomic E-state index is 12.4. The van der Waals surface area contributed by atoms with Gasteiger partial charge in [-0.3, -0.25) is 9.80 Å². The number of carbonyl (C=O) groups is 1. The number of nitrogens with zero attached hydrogens (tertiary/aromatic N) is 1. The zero-order valence-corrected chi connectivity index (χ0v) is 14.1. The van der Waals surface area contributed by atoms with E-state index in [1.54, 1.807) is 29.4 Å². The molecule has 1 aliphatic rings. The van der Waals surface area contributed by atoms with Gasteiger partial charge < -0.3 is 10.7 Å². The molecular weight excluding hydrogens is 336 g/mol. The lowest BCUT2D eigenvalue weighted by atomic mass is 10.1. The van der Waals surface area contributed by atoms with Gasteiger partial charge >= 0.3 is 0 Å². The Morgan fingerprint density at radius 1 is 1.16 bits per heavy atom. The topological polar surface area (TPSA) is 68.2 Å². The van der Waals surface area contributed by atoms with Crippen LogP contribution in [0.2, 0.25) is 5.02 Å². The maximum absolute atomic E-state index is 12.4. The van der Waals surface area contributed by atoms with Crippen LogP contribution in [0, 0.1) is 5.41 Å². The number of ketones is 1. The Morgan fingerprint density at radius 3 is 2.56 bits per heavy atom. The van der Waals surface area contributed by atoms with Gasteiger partial charge in [0, 0.05) is 34.9 Å². The summed E-state index contributed by atoms with van der Waals surface area (Å²) in [6, 6.07) is 16.2. The third-order valence-electron chi connectivity index (χ3n) is 3.68. The summed E-state index contributed by atoms with van der Waals surface area (Å²) < 4.78 is 0. The van der Waals surface area contributed by atoms with Crippen LogP contribution in [0.1, 0.15) is 0 Å². The first-order chi connectivity index (χ1) is 12.2. The second kappa shape index (κ2) is 7.79. The zero-order valence-electron chi connectivity index (χ0n) is 13.3. The Labute approximate surface area is 151 Å². The second-order valence-electron chi connectivity index (χ2n) is 5.41. The molecule has 0 aliphatic carbocycles. The van der Waals surface area contributed by atoms with Crippen molar-refractivity contribution in [2.45, 2.75) is 6.04 Å². The molecule has 1 unspecified atom stereocenters. The Balaban J connectivity index is 1.84. The van der Waals surface area contributed by atoms with Crippen molar-refractivity contribution in [3.8, 4) is 0 Å². The van der Waals surface area contributed by atoms with Crippen molar-refractivity contribution in [2.24, 2.45) is 0 Å². The van der Waals surface area contributed by atoms with Crippen molar-refractivity contribution in [1.82, 2.24) is 5.43 Å². The smallest absolute Gasteiger partial charge is 0.181 e. The van der Waals surface area contributed by atoms with E-state index in [1.165, 1.54) is 6.08 Å². The zero-order chi connectivity index (χ0) is 17.6. The normalized spacial score (nSPS) is 17.5. The minimum absolute atomic E-state index is 0.0956. The van der Waals surface area contributed by atoms with Gasteiger partial charge in [0.1, 0.15) is 6.04 Å². The number of halogens is 1. The molecule has 0 amide bonds. The number of benzene rings is 2. The number of anilines is 2. The molecule has 2 aromatic rings. The highest BCUT2D eigenvalue weighted by atomic mass is 35.5. The van der Waals surface area contributed by atoms with E-state index in [-0.39, 0.29) is 5.78 Å². The van der Waals surface area contributed by atoms with Gasteiger partial charge in [-0.25, -0.2) is 5.43 Å². The van der Waals surface area contributed by atoms with Gasteiger partial charge in [0.25, 0.3) is 0 Å². The molecule has 0 saturated carbocycles. The van der Waals surface area contributed by atoms with E-state index >= 15 is 0 Å². The molecule has 0 fully saturated rings. The van der Waals surface area contributed by atoms with Crippen LogP contribution in [-0.2, 0) is 4.79 Å².